The average Bonchev–Trinajstić information content (AvgIpc) is 3.13. The average molecular weight is 348 g/mol. The number of aromatic nitrogens is 4. The molecule has 0 saturated carbocycles. The third-order valence-corrected chi connectivity index (χ3v) is 4.52. The van der Waals surface area contributed by atoms with E-state index in [4.69, 9.17) is 16.2 Å². The summed E-state index contributed by atoms with van der Waals surface area (Å²) in [5.74, 6) is 0.248. The SMILES string of the molecule is C=CCCCC(N)C[C@H]1OC(n2cnc3c(N)ncnc32)[C@H](O)[C@@H]1O. The maximum atomic E-state index is 10.4. The number of aliphatic hydroxyl groups excluding tert-OH is 2. The van der Waals surface area contributed by atoms with E-state index in [-0.39, 0.29) is 11.9 Å². The van der Waals surface area contributed by atoms with Crippen LogP contribution in [0.2, 0.25) is 0 Å². The summed E-state index contributed by atoms with van der Waals surface area (Å²) in [6, 6.07) is -0.122. The Hall–Kier alpha value is -2.07. The van der Waals surface area contributed by atoms with E-state index < -0.39 is 24.5 Å². The second-order valence-corrected chi connectivity index (χ2v) is 6.34. The zero-order valence-electron chi connectivity index (χ0n) is 13.9. The quantitative estimate of drug-likeness (QED) is 0.407. The topological polar surface area (TPSA) is 145 Å². The number of hydrogen-bond donors (Lipinski definition) is 4. The van der Waals surface area contributed by atoms with E-state index in [1.165, 1.54) is 12.7 Å². The zero-order valence-corrected chi connectivity index (χ0v) is 13.9. The Labute approximate surface area is 145 Å². The summed E-state index contributed by atoms with van der Waals surface area (Å²) in [6.07, 6.45) is 4.22. The van der Waals surface area contributed by atoms with E-state index in [1.54, 1.807) is 4.57 Å². The van der Waals surface area contributed by atoms with Crippen LogP contribution in [0.5, 0.6) is 0 Å². The van der Waals surface area contributed by atoms with Crippen molar-refractivity contribution in [2.45, 2.75) is 56.3 Å². The van der Waals surface area contributed by atoms with Crippen molar-refractivity contribution in [3.8, 4) is 0 Å². The largest absolute Gasteiger partial charge is 0.388 e. The highest BCUT2D eigenvalue weighted by molar-refractivity contribution is 5.81. The third-order valence-electron chi connectivity index (χ3n) is 4.52. The number of imidazole rings is 1. The van der Waals surface area contributed by atoms with Crippen LogP contribution in [0.4, 0.5) is 5.82 Å². The smallest absolute Gasteiger partial charge is 0.167 e. The van der Waals surface area contributed by atoms with Crippen LogP contribution in [0.25, 0.3) is 11.2 Å². The van der Waals surface area contributed by atoms with Gasteiger partial charge >= 0.3 is 0 Å². The molecule has 0 amide bonds. The highest BCUT2D eigenvalue weighted by Gasteiger charge is 2.44. The molecule has 3 rings (SSSR count). The lowest BCUT2D eigenvalue weighted by atomic mass is 10.00. The molecule has 5 atom stereocenters. The molecule has 1 saturated heterocycles. The van der Waals surface area contributed by atoms with Crippen molar-refractivity contribution >= 4 is 17.0 Å². The van der Waals surface area contributed by atoms with Crippen molar-refractivity contribution < 1.29 is 14.9 Å². The fourth-order valence-electron chi connectivity index (χ4n) is 3.15. The predicted molar refractivity (Wildman–Crippen MR) is 92.3 cm³/mol. The molecule has 9 nitrogen and oxygen atoms in total. The summed E-state index contributed by atoms with van der Waals surface area (Å²) in [5.41, 5.74) is 12.8. The van der Waals surface area contributed by atoms with Gasteiger partial charge < -0.3 is 26.4 Å². The van der Waals surface area contributed by atoms with Gasteiger partial charge in [0.2, 0.25) is 0 Å². The Morgan fingerprint density at radius 1 is 1.32 bits per heavy atom. The molecule has 1 fully saturated rings. The van der Waals surface area contributed by atoms with Crippen LogP contribution >= 0.6 is 0 Å². The lowest BCUT2D eigenvalue weighted by molar-refractivity contribution is -0.0387. The van der Waals surface area contributed by atoms with Gasteiger partial charge in [-0.3, -0.25) is 4.57 Å². The maximum absolute atomic E-state index is 10.4. The lowest BCUT2D eigenvalue weighted by Gasteiger charge is -2.19. The number of nitrogens with two attached hydrogens (primary N) is 2. The Bertz CT molecular complexity index is 736. The standard InChI is InChI=1S/C16H24N6O3/c1-2-3-4-5-9(17)6-10-12(23)13(24)16(25-10)22-8-21-11-14(18)19-7-20-15(11)22/h2,7-10,12-13,16,23-24H,1,3-6,17H2,(H2,18,19,20)/t9?,10-,12-,13-,16?/m1/s1. The van der Waals surface area contributed by atoms with Crippen LogP contribution in [0, 0.1) is 0 Å². The Balaban J connectivity index is 1.73. The number of anilines is 1. The third kappa shape index (κ3) is 3.49. The van der Waals surface area contributed by atoms with Crippen molar-refractivity contribution in [3.63, 3.8) is 0 Å². The molecule has 0 aromatic carbocycles. The minimum Gasteiger partial charge on any atom is -0.388 e. The second kappa shape index (κ2) is 7.44. The van der Waals surface area contributed by atoms with Gasteiger partial charge in [0.1, 0.15) is 24.1 Å². The van der Waals surface area contributed by atoms with E-state index in [9.17, 15) is 10.2 Å². The van der Waals surface area contributed by atoms with E-state index in [1.807, 2.05) is 6.08 Å². The van der Waals surface area contributed by atoms with E-state index >= 15 is 0 Å². The van der Waals surface area contributed by atoms with Gasteiger partial charge in [-0.1, -0.05) is 6.08 Å². The molecule has 0 bridgehead atoms. The number of nitrogens with zero attached hydrogens (tertiary/aromatic N) is 4. The first kappa shape index (κ1) is 17.7. The molecular weight excluding hydrogens is 324 g/mol. The summed E-state index contributed by atoms with van der Waals surface area (Å²) in [4.78, 5) is 12.2. The fraction of sp³-hybridized carbons (Fsp3) is 0.562. The van der Waals surface area contributed by atoms with Crippen LogP contribution in [0.3, 0.4) is 0 Å². The predicted octanol–water partition coefficient (Wildman–Crippen LogP) is 0.101. The first-order valence-electron chi connectivity index (χ1n) is 8.34. The maximum Gasteiger partial charge on any atom is 0.167 e. The second-order valence-electron chi connectivity index (χ2n) is 6.34. The number of fused-ring (bicyclic) bond motifs is 1. The van der Waals surface area contributed by atoms with Crippen LogP contribution in [-0.4, -0.2) is 54.1 Å². The molecule has 0 spiro atoms. The molecule has 1 aliphatic heterocycles. The lowest BCUT2D eigenvalue weighted by Crippen LogP contribution is -2.35. The van der Waals surface area contributed by atoms with Crippen molar-refractivity contribution in [3.05, 3.63) is 25.3 Å². The number of allylic oxidation sites excluding steroid dienone is 1. The minimum absolute atomic E-state index is 0.122. The molecule has 6 N–H and O–H groups in total. The van der Waals surface area contributed by atoms with E-state index in [0.717, 1.165) is 19.3 Å². The van der Waals surface area contributed by atoms with Gasteiger partial charge in [-0.15, -0.1) is 6.58 Å². The van der Waals surface area contributed by atoms with E-state index in [2.05, 4.69) is 21.5 Å². The molecule has 3 heterocycles. The summed E-state index contributed by atoms with van der Waals surface area (Å²) >= 11 is 0. The first-order chi connectivity index (χ1) is 12.0. The highest BCUT2D eigenvalue weighted by atomic mass is 16.6. The molecule has 0 aliphatic carbocycles. The van der Waals surface area contributed by atoms with Crippen molar-refractivity contribution in [2.75, 3.05) is 5.73 Å². The molecule has 2 aromatic heterocycles. The molecule has 2 unspecified atom stereocenters. The number of nitrogen functional groups attached to an aromatic ring is 1. The number of hydrogen-bond acceptors (Lipinski definition) is 8. The minimum atomic E-state index is -1.11. The molecular formula is C16H24N6O3. The van der Waals surface area contributed by atoms with Crippen molar-refractivity contribution in [1.82, 2.24) is 19.5 Å². The van der Waals surface area contributed by atoms with E-state index in [0.29, 0.717) is 17.6 Å². The molecule has 136 valence electrons. The number of aliphatic hydroxyl groups is 2. The Morgan fingerprint density at radius 2 is 2.12 bits per heavy atom. The van der Waals surface area contributed by atoms with Crippen molar-refractivity contribution in [2.24, 2.45) is 5.73 Å². The fourth-order valence-corrected chi connectivity index (χ4v) is 3.15. The van der Waals surface area contributed by atoms with Crippen LogP contribution in [-0.2, 0) is 4.74 Å². The molecule has 9 heteroatoms. The zero-order chi connectivity index (χ0) is 18.0. The van der Waals surface area contributed by atoms with Gasteiger partial charge in [0.25, 0.3) is 0 Å². The van der Waals surface area contributed by atoms with Gasteiger partial charge in [-0.05, 0) is 25.7 Å². The van der Waals surface area contributed by atoms with Crippen LogP contribution in [0.1, 0.15) is 31.9 Å². The Morgan fingerprint density at radius 3 is 2.88 bits per heavy atom. The van der Waals surface area contributed by atoms with Gasteiger partial charge in [0.15, 0.2) is 17.7 Å². The van der Waals surface area contributed by atoms with Crippen LogP contribution in [0.15, 0.2) is 25.3 Å². The number of rotatable bonds is 7. The Kier molecular flexibility index (Phi) is 5.28. The van der Waals surface area contributed by atoms with Gasteiger partial charge in [0.05, 0.1) is 12.4 Å². The molecule has 1 aliphatic rings. The van der Waals surface area contributed by atoms with Gasteiger partial charge in [0, 0.05) is 6.04 Å². The highest BCUT2D eigenvalue weighted by Crippen LogP contribution is 2.33. The first-order valence-corrected chi connectivity index (χ1v) is 8.34. The molecule has 25 heavy (non-hydrogen) atoms. The monoisotopic (exact) mass is 348 g/mol. The summed E-state index contributed by atoms with van der Waals surface area (Å²) < 4.78 is 7.44. The summed E-state index contributed by atoms with van der Waals surface area (Å²) in [6.45, 7) is 3.69. The number of ether oxygens (including phenoxy) is 1. The van der Waals surface area contributed by atoms with Crippen molar-refractivity contribution in [1.29, 1.82) is 0 Å². The molecule has 0 radical (unpaired) electrons. The summed E-state index contributed by atoms with van der Waals surface area (Å²) in [7, 11) is 0. The van der Waals surface area contributed by atoms with Gasteiger partial charge in [-0.25, -0.2) is 15.0 Å². The number of unbranched alkanes of at least 4 members (excludes halogenated alkanes) is 1. The normalized spacial score (nSPS) is 27.6. The summed E-state index contributed by atoms with van der Waals surface area (Å²) in [5, 5.41) is 20.7. The molecule has 2 aromatic rings. The van der Waals surface area contributed by atoms with Gasteiger partial charge in [-0.2, -0.15) is 0 Å². The van der Waals surface area contributed by atoms with Crippen LogP contribution < -0.4 is 11.5 Å².